The van der Waals surface area contributed by atoms with Crippen molar-refractivity contribution in [3.63, 3.8) is 0 Å². The van der Waals surface area contributed by atoms with E-state index >= 15 is 0 Å². The molecule has 0 aliphatic heterocycles. The molecule has 0 atom stereocenters. The number of hydrogen-bond donors (Lipinski definition) is 1. The zero-order chi connectivity index (χ0) is 22.9. The van der Waals surface area contributed by atoms with Crippen LogP contribution in [0.3, 0.4) is 0 Å². The highest BCUT2D eigenvalue weighted by Crippen LogP contribution is 2.29. The number of nitrogens with zero attached hydrogens (tertiary/aromatic N) is 3. The van der Waals surface area contributed by atoms with Gasteiger partial charge in [-0.2, -0.15) is 0 Å². The quantitative estimate of drug-likeness (QED) is 0.366. The summed E-state index contributed by atoms with van der Waals surface area (Å²) in [6.45, 7) is 6.04. The second kappa shape index (κ2) is 8.36. The van der Waals surface area contributed by atoms with Gasteiger partial charge in [-0.15, -0.1) is 10.2 Å². The zero-order valence-electron chi connectivity index (χ0n) is 18.8. The maximum Gasteiger partial charge on any atom is 0.255 e. The molecule has 5 heteroatoms. The summed E-state index contributed by atoms with van der Waals surface area (Å²) in [7, 11) is 0. The third-order valence-electron chi connectivity index (χ3n) is 5.92. The second-order valence-corrected chi connectivity index (χ2v) is 8.30. The fourth-order valence-corrected chi connectivity index (χ4v) is 4.02. The lowest BCUT2D eigenvalue weighted by Crippen LogP contribution is -2.13. The number of fused-ring (bicyclic) bond motifs is 1. The molecule has 0 aliphatic carbocycles. The van der Waals surface area contributed by atoms with E-state index < -0.39 is 0 Å². The number of nitrogens with one attached hydrogen (secondary N) is 1. The lowest BCUT2D eigenvalue weighted by atomic mass is 9.99. The number of hydrogen-bond acceptors (Lipinski definition) is 3. The molecule has 33 heavy (non-hydrogen) atoms. The van der Waals surface area contributed by atoms with E-state index in [0.717, 1.165) is 50.5 Å². The molecule has 0 saturated carbocycles. The molecule has 2 heterocycles. The number of rotatable bonds is 4. The van der Waals surface area contributed by atoms with Crippen molar-refractivity contribution in [1.82, 2.24) is 14.6 Å². The fraction of sp³-hybridized carbons (Fsp3) is 0.107. The van der Waals surface area contributed by atoms with Gasteiger partial charge in [-0.3, -0.25) is 9.20 Å². The Bertz CT molecular complexity index is 1480. The third-order valence-corrected chi connectivity index (χ3v) is 5.92. The Morgan fingerprint density at radius 3 is 2.33 bits per heavy atom. The first-order valence-corrected chi connectivity index (χ1v) is 10.9. The average molecular weight is 433 g/mol. The smallest absolute Gasteiger partial charge is 0.255 e. The summed E-state index contributed by atoms with van der Waals surface area (Å²) in [6, 6.07) is 25.9. The van der Waals surface area contributed by atoms with Gasteiger partial charge in [0.25, 0.3) is 5.91 Å². The van der Waals surface area contributed by atoms with Crippen molar-refractivity contribution in [3.8, 4) is 22.5 Å². The number of carbonyl (C=O) groups is 1. The van der Waals surface area contributed by atoms with Crippen LogP contribution >= 0.6 is 0 Å². The Labute approximate surface area is 192 Å². The molecule has 5 nitrogen and oxygen atoms in total. The zero-order valence-corrected chi connectivity index (χ0v) is 18.8. The molecule has 3 aromatic carbocycles. The van der Waals surface area contributed by atoms with E-state index in [9.17, 15) is 4.79 Å². The first-order chi connectivity index (χ1) is 16.0. The Morgan fingerprint density at radius 1 is 0.788 bits per heavy atom. The van der Waals surface area contributed by atoms with Crippen molar-refractivity contribution in [2.75, 3.05) is 5.32 Å². The van der Waals surface area contributed by atoms with Crippen molar-refractivity contribution in [2.24, 2.45) is 0 Å². The van der Waals surface area contributed by atoms with Crippen LogP contribution in [0.1, 0.15) is 27.0 Å². The second-order valence-electron chi connectivity index (χ2n) is 8.30. The largest absolute Gasteiger partial charge is 0.322 e. The average Bonchev–Trinajstić information content (AvgIpc) is 3.25. The highest BCUT2D eigenvalue weighted by molar-refractivity contribution is 6.06. The third kappa shape index (κ3) is 3.89. The molecule has 0 bridgehead atoms. The maximum atomic E-state index is 13.0. The highest BCUT2D eigenvalue weighted by atomic mass is 16.1. The van der Waals surface area contributed by atoms with E-state index in [2.05, 4.69) is 34.6 Å². The summed E-state index contributed by atoms with van der Waals surface area (Å²) in [5.41, 5.74) is 8.26. The number of pyridine rings is 1. The van der Waals surface area contributed by atoms with Crippen LogP contribution in [0.15, 0.2) is 85.1 Å². The van der Waals surface area contributed by atoms with Gasteiger partial charge in [0.2, 0.25) is 0 Å². The van der Waals surface area contributed by atoms with Crippen LogP contribution in [0.4, 0.5) is 5.69 Å². The molecule has 0 spiro atoms. The van der Waals surface area contributed by atoms with Gasteiger partial charge >= 0.3 is 0 Å². The number of benzene rings is 3. The first-order valence-electron chi connectivity index (χ1n) is 10.9. The lowest BCUT2D eigenvalue weighted by molar-refractivity contribution is 0.102. The predicted octanol–water partition coefficient (Wildman–Crippen LogP) is 6.24. The predicted molar refractivity (Wildman–Crippen MR) is 132 cm³/mol. The van der Waals surface area contributed by atoms with E-state index in [4.69, 9.17) is 0 Å². The molecule has 2 aromatic heterocycles. The Balaban J connectivity index is 1.55. The van der Waals surface area contributed by atoms with Gasteiger partial charge < -0.3 is 5.32 Å². The van der Waals surface area contributed by atoms with E-state index in [1.54, 1.807) is 0 Å². The molecule has 0 fully saturated rings. The van der Waals surface area contributed by atoms with E-state index in [-0.39, 0.29) is 5.91 Å². The number of anilines is 1. The van der Waals surface area contributed by atoms with Crippen molar-refractivity contribution in [3.05, 3.63) is 107 Å². The molecule has 1 N–H and O–H groups in total. The van der Waals surface area contributed by atoms with Crippen molar-refractivity contribution < 1.29 is 4.79 Å². The number of aromatic nitrogens is 3. The van der Waals surface area contributed by atoms with Crippen LogP contribution in [0.2, 0.25) is 0 Å². The van der Waals surface area contributed by atoms with E-state index in [1.165, 1.54) is 0 Å². The van der Waals surface area contributed by atoms with Crippen LogP contribution in [0, 0.1) is 20.8 Å². The summed E-state index contributed by atoms with van der Waals surface area (Å²) < 4.78 is 2.00. The molecule has 5 aromatic rings. The van der Waals surface area contributed by atoms with Gasteiger partial charge in [0, 0.05) is 28.6 Å². The Hall–Kier alpha value is -4.25. The number of amides is 1. The number of aryl methyl sites for hydroxylation is 3. The molecule has 5 rings (SSSR count). The Kier molecular flexibility index (Phi) is 5.23. The van der Waals surface area contributed by atoms with E-state index in [1.807, 2.05) is 91.2 Å². The van der Waals surface area contributed by atoms with Gasteiger partial charge in [0.05, 0.1) is 0 Å². The lowest BCUT2D eigenvalue weighted by Gasteiger charge is -2.11. The summed E-state index contributed by atoms with van der Waals surface area (Å²) in [5.74, 6) is 0.668. The minimum absolute atomic E-state index is 0.132. The fourth-order valence-electron chi connectivity index (χ4n) is 4.02. The minimum atomic E-state index is -0.132. The maximum absolute atomic E-state index is 13.0. The number of carbonyl (C=O) groups excluding carboxylic acids is 1. The van der Waals surface area contributed by atoms with Gasteiger partial charge in [0.15, 0.2) is 11.5 Å². The molecule has 0 unspecified atom stereocenters. The molecular weight excluding hydrogens is 408 g/mol. The Morgan fingerprint density at radius 2 is 1.55 bits per heavy atom. The monoisotopic (exact) mass is 432 g/mol. The molecule has 1 amide bonds. The molecule has 162 valence electrons. The van der Waals surface area contributed by atoms with Crippen LogP contribution in [-0.2, 0) is 0 Å². The summed E-state index contributed by atoms with van der Waals surface area (Å²) in [6.07, 6.45) is 1.97. The van der Waals surface area contributed by atoms with Gasteiger partial charge in [-0.05, 0) is 67.8 Å². The van der Waals surface area contributed by atoms with Crippen LogP contribution in [0.5, 0.6) is 0 Å². The van der Waals surface area contributed by atoms with E-state index in [0.29, 0.717) is 5.56 Å². The van der Waals surface area contributed by atoms with Crippen molar-refractivity contribution >= 4 is 17.2 Å². The van der Waals surface area contributed by atoms with Gasteiger partial charge in [-0.25, -0.2) is 0 Å². The van der Waals surface area contributed by atoms with Crippen LogP contribution < -0.4 is 5.32 Å². The SMILES string of the molecule is Cc1ccc(NC(=O)c2cc(-c3cccn4c(-c5ccccc5C)nnc34)ccc2C)cc1. The van der Waals surface area contributed by atoms with Crippen molar-refractivity contribution in [2.45, 2.75) is 20.8 Å². The summed E-state index contributed by atoms with van der Waals surface area (Å²) >= 11 is 0. The summed E-state index contributed by atoms with van der Waals surface area (Å²) in [5, 5.41) is 12.0. The van der Waals surface area contributed by atoms with Crippen LogP contribution in [-0.4, -0.2) is 20.5 Å². The topological polar surface area (TPSA) is 59.3 Å². The van der Waals surface area contributed by atoms with Crippen molar-refractivity contribution in [1.29, 1.82) is 0 Å². The molecular formula is C28H24N4O. The highest BCUT2D eigenvalue weighted by Gasteiger charge is 2.16. The normalized spacial score (nSPS) is 11.0. The van der Waals surface area contributed by atoms with Gasteiger partial charge in [0.1, 0.15) is 0 Å². The molecule has 0 radical (unpaired) electrons. The standard InChI is InChI=1S/C28H24N4O/c1-18-10-14-22(15-11-18)29-28(33)25-17-21(13-12-20(25)3)24-9-6-16-32-26(30-31-27(24)32)23-8-5-4-7-19(23)2/h4-17H,1-3H3,(H,29,33). The van der Waals surface area contributed by atoms with Crippen LogP contribution in [0.25, 0.3) is 28.2 Å². The summed E-state index contributed by atoms with van der Waals surface area (Å²) in [4.78, 5) is 13.0. The van der Waals surface area contributed by atoms with Gasteiger partial charge in [-0.1, -0.05) is 54.1 Å². The minimum Gasteiger partial charge on any atom is -0.322 e. The molecule has 0 aliphatic rings. The molecule has 0 saturated heterocycles. The first kappa shape index (κ1) is 20.6.